The van der Waals surface area contributed by atoms with Crippen molar-refractivity contribution in [3.63, 3.8) is 0 Å². The van der Waals surface area contributed by atoms with E-state index in [2.05, 4.69) is 21.8 Å². The summed E-state index contributed by atoms with van der Waals surface area (Å²) in [5.41, 5.74) is 10.1. The van der Waals surface area contributed by atoms with Crippen molar-refractivity contribution in [2.75, 3.05) is 39.5 Å². The highest BCUT2D eigenvalue weighted by Gasteiger charge is 2.52. The maximum Gasteiger partial charge on any atom is 0.290 e. The zero-order chi connectivity index (χ0) is 31.3. The second-order valence-electron chi connectivity index (χ2n) is 11.5. The average molecular weight is 593 g/mol. The zero-order valence-electron chi connectivity index (χ0n) is 25.1. The Balaban J connectivity index is 0.00000123. The largest absolute Gasteiger partial charge is 0.483 e. The Morgan fingerprint density at radius 1 is 1.11 bits per heavy atom. The van der Waals surface area contributed by atoms with E-state index in [1.54, 1.807) is 6.08 Å². The van der Waals surface area contributed by atoms with Crippen molar-refractivity contribution in [2.24, 2.45) is 18.4 Å². The van der Waals surface area contributed by atoms with Gasteiger partial charge < -0.3 is 29.9 Å². The first kappa shape index (κ1) is 30.3. The number of para-hydroxylation sites is 1. The van der Waals surface area contributed by atoms with E-state index >= 15 is 0 Å². The molecule has 2 aliphatic rings. The van der Waals surface area contributed by atoms with Gasteiger partial charge in [0.2, 0.25) is 5.91 Å². The van der Waals surface area contributed by atoms with Gasteiger partial charge in [-0.2, -0.15) is 0 Å². The van der Waals surface area contributed by atoms with Crippen molar-refractivity contribution in [1.82, 2.24) is 24.3 Å². The summed E-state index contributed by atoms with van der Waals surface area (Å²) in [5, 5.41) is 7.69. The van der Waals surface area contributed by atoms with E-state index in [9.17, 15) is 4.79 Å². The Morgan fingerprint density at radius 3 is 2.43 bits per heavy atom. The second kappa shape index (κ2) is 13.0. The van der Waals surface area contributed by atoms with Crippen molar-refractivity contribution in [3.8, 4) is 34.5 Å². The number of likely N-dealkylation sites (N-methyl/N-ethyl adjacent to an activating group) is 1. The highest BCUT2D eigenvalue weighted by Crippen LogP contribution is 2.51. The molecule has 3 heterocycles. The van der Waals surface area contributed by atoms with E-state index in [1.807, 2.05) is 96.2 Å². The number of nitrogens with two attached hydrogens (primary N) is 1. The lowest BCUT2D eigenvalue weighted by Gasteiger charge is -2.57. The summed E-state index contributed by atoms with van der Waals surface area (Å²) < 4.78 is 7.99. The number of nitrogen functional groups attached to an aromatic ring is 1. The molecule has 2 aromatic heterocycles. The van der Waals surface area contributed by atoms with E-state index in [1.165, 1.54) is 6.33 Å². The molecule has 0 atom stereocenters. The summed E-state index contributed by atoms with van der Waals surface area (Å²) in [7, 11) is 5.95. The SMILES string of the molecule is CN(C)C/C=C/C(=O)N1CC2(CC(C#Cc3c(-c4ccc(Oc5ccccc5)cc4)c4c(N)ncnc4n3C)C2)C1.O=CO. The summed E-state index contributed by atoms with van der Waals surface area (Å²) in [4.78, 5) is 33.5. The fraction of sp³-hybridized carbons (Fsp3) is 0.294. The number of carbonyl (C=O) groups excluding carboxylic acids is 1. The minimum Gasteiger partial charge on any atom is -0.483 e. The minimum atomic E-state index is -0.250. The Labute approximate surface area is 256 Å². The number of likely N-dealkylation sites (tertiary alicyclic amines) is 1. The lowest BCUT2D eigenvalue weighted by atomic mass is 9.58. The van der Waals surface area contributed by atoms with Crippen LogP contribution < -0.4 is 10.5 Å². The lowest BCUT2D eigenvalue weighted by molar-refractivity contribution is -0.147. The number of amides is 1. The molecular formula is C34H36N6O4. The molecule has 3 N–H and O–H groups in total. The summed E-state index contributed by atoms with van der Waals surface area (Å²) in [6, 6.07) is 17.7. The number of carbonyl (C=O) groups is 2. The monoisotopic (exact) mass is 592 g/mol. The molecule has 44 heavy (non-hydrogen) atoms. The number of carboxylic acid groups (broad SMARTS) is 1. The molecule has 0 radical (unpaired) electrons. The van der Waals surface area contributed by atoms with Gasteiger partial charge in [0, 0.05) is 49.7 Å². The van der Waals surface area contributed by atoms with Crippen LogP contribution in [0.4, 0.5) is 5.82 Å². The van der Waals surface area contributed by atoms with Gasteiger partial charge in [0.25, 0.3) is 6.47 Å². The highest BCUT2D eigenvalue weighted by atomic mass is 16.5. The molecule has 6 rings (SSSR count). The van der Waals surface area contributed by atoms with E-state index in [0.29, 0.717) is 11.7 Å². The van der Waals surface area contributed by atoms with Crippen molar-refractivity contribution >= 4 is 29.2 Å². The fourth-order valence-corrected chi connectivity index (χ4v) is 5.92. The van der Waals surface area contributed by atoms with E-state index < -0.39 is 0 Å². The van der Waals surface area contributed by atoms with Gasteiger partial charge in [0.1, 0.15) is 35.0 Å². The van der Waals surface area contributed by atoms with Crippen molar-refractivity contribution in [1.29, 1.82) is 0 Å². The summed E-state index contributed by atoms with van der Waals surface area (Å²) >= 11 is 0. The van der Waals surface area contributed by atoms with Crippen LogP contribution in [0.25, 0.3) is 22.2 Å². The molecule has 226 valence electrons. The van der Waals surface area contributed by atoms with Crippen molar-refractivity contribution in [2.45, 2.75) is 12.8 Å². The third-order valence-corrected chi connectivity index (χ3v) is 7.97. The summed E-state index contributed by atoms with van der Waals surface area (Å²) in [6.07, 6.45) is 7.13. The number of benzene rings is 2. The molecule has 2 aromatic carbocycles. The first-order valence-electron chi connectivity index (χ1n) is 14.4. The average Bonchev–Trinajstić information content (AvgIpc) is 3.25. The molecule has 0 bridgehead atoms. The van der Waals surface area contributed by atoms with Crippen molar-refractivity contribution < 1.29 is 19.4 Å². The molecular weight excluding hydrogens is 556 g/mol. The molecule has 1 aliphatic heterocycles. The number of rotatable bonds is 6. The van der Waals surface area contributed by atoms with Gasteiger partial charge in [0.15, 0.2) is 0 Å². The van der Waals surface area contributed by atoms with Crippen LogP contribution in [0.15, 0.2) is 73.1 Å². The topological polar surface area (TPSA) is 127 Å². The van der Waals surface area contributed by atoms with Crippen LogP contribution in [0.5, 0.6) is 11.5 Å². The third kappa shape index (κ3) is 6.43. The quantitative estimate of drug-likeness (QED) is 0.191. The second-order valence-corrected chi connectivity index (χ2v) is 11.5. The van der Waals surface area contributed by atoms with Gasteiger partial charge in [-0.1, -0.05) is 42.3 Å². The van der Waals surface area contributed by atoms with Crippen LogP contribution >= 0.6 is 0 Å². The lowest BCUT2D eigenvalue weighted by Crippen LogP contribution is -2.63. The molecule has 1 spiro atoms. The molecule has 10 heteroatoms. The number of ether oxygens (including phenoxy) is 1. The Hall–Kier alpha value is -5.14. The number of anilines is 1. The van der Waals surface area contributed by atoms with Gasteiger partial charge in [-0.3, -0.25) is 9.59 Å². The molecule has 1 aliphatic carbocycles. The number of aryl methyl sites for hydroxylation is 1. The van der Waals surface area contributed by atoms with E-state index in [-0.39, 0.29) is 17.8 Å². The first-order valence-corrected chi connectivity index (χ1v) is 14.4. The smallest absolute Gasteiger partial charge is 0.290 e. The number of nitrogens with zero attached hydrogens (tertiary/aromatic N) is 5. The van der Waals surface area contributed by atoms with Crippen LogP contribution in [0, 0.1) is 23.2 Å². The summed E-state index contributed by atoms with van der Waals surface area (Å²) in [6.45, 7) is 2.15. The van der Waals surface area contributed by atoms with Gasteiger partial charge in [-0.15, -0.1) is 0 Å². The zero-order valence-corrected chi connectivity index (χ0v) is 25.1. The standard InChI is InChI=1S/C33H34N6O2.CH2O2/c1-37(2)17-7-10-28(40)39-20-33(21-39)18-23(19-33)11-16-27-29(30-31(34)35-22-36-32(30)38(27)3)24-12-14-26(15-13-24)41-25-8-5-4-6-9-25;2-1-3/h4-10,12-15,22-23H,17-21H2,1-3H3,(H2,34,35,36);1H,(H,2,3)/b10-7+;. The van der Waals surface area contributed by atoms with Crippen LogP contribution in [-0.4, -0.2) is 75.6 Å². The van der Waals surface area contributed by atoms with E-state index in [4.69, 9.17) is 20.4 Å². The molecule has 1 saturated carbocycles. The molecule has 2 fully saturated rings. The van der Waals surface area contributed by atoms with Crippen LogP contribution in [0.1, 0.15) is 18.5 Å². The molecule has 10 nitrogen and oxygen atoms in total. The van der Waals surface area contributed by atoms with E-state index in [0.717, 1.165) is 71.8 Å². The highest BCUT2D eigenvalue weighted by molar-refractivity contribution is 6.03. The maximum absolute atomic E-state index is 12.4. The van der Waals surface area contributed by atoms with Crippen LogP contribution in [0.2, 0.25) is 0 Å². The summed E-state index contributed by atoms with van der Waals surface area (Å²) in [5.74, 6) is 9.36. The van der Waals surface area contributed by atoms with Gasteiger partial charge in [-0.05, 0) is 62.7 Å². The molecule has 0 unspecified atom stereocenters. The molecule has 4 aromatic rings. The number of fused-ring (bicyclic) bond motifs is 1. The fourth-order valence-electron chi connectivity index (χ4n) is 5.92. The number of hydrogen-bond donors (Lipinski definition) is 2. The van der Waals surface area contributed by atoms with Gasteiger partial charge in [0.05, 0.1) is 5.39 Å². The minimum absolute atomic E-state index is 0.103. The van der Waals surface area contributed by atoms with Gasteiger partial charge >= 0.3 is 0 Å². The normalized spacial score (nSPS) is 15.2. The number of hydrogen-bond acceptors (Lipinski definition) is 7. The van der Waals surface area contributed by atoms with Gasteiger partial charge in [-0.25, -0.2) is 9.97 Å². The Morgan fingerprint density at radius 2 is 1.77 bits per heavy atom. The maximum atomic E-state index is 12.4. The number of aromatic nitrogens is 3. The predicted molar refractivity (Wildman–Crippen MR) is 170 cm³/mol. The van der Waals surface area contributed by atoms with Crippen LogP contribution in [-0.2, 0) is 16.6 Å². The predicted octanol–water partition coefficient (Wildman–Crippen LogP) is 4.42. The molecule has 1 amide bonds. The first-order chi connectivity index (χ1) is 21.2. The van der Waals surface area contributed by atoms with Crippen molar-refractivity contribution in [3.05, 3.63) is 78.8 Å². The molecule has 1 saturated heterocycles. The Kier molecular flexibility index (Phi) is 8.97. The third-order valence-electron chi connectivity index (χ3n) is 7.97. The Bertz CT molecular complexity index is 1720. The van der Waals surface area contributed by atoms with Crippen LogP contribution in [0.3, 0.4) is 0 Å².